The number of nitrogens with zero attached hydrogens (tertiary/aromatic N) is 1. The van der Waals surface area contributed by atoms with E-state index in [4.69, 9.17) is 10.8 Å². The molecule has 0 saturated carbocycles. The van der Waals surface area contributed by atoms with Gasteiger partial charge in [-0.25, -0.2) is 4.79 Å². The number of rotatable bonds is 4. The van der Waals surface area contributed by atoms with Gasteiger partial charge in [-0.15, -0.1) is 0 Å². The van der Waals surface area contributed by atoms with Crippen LogP contribution in [0, 0.1) is 0 Å². The second kappa shape index (κ2) is 6.09. The lowest BCUT2D eigenvalue weighted by molar-refractivity contribution is -0.131. The molecule has 0 bridgehead atoms. The number of nitrogens with two attached hydrogens (primary N) is 1. The molecule has 1 amide bonds. The van der Waals surface area contributed by atoms with E-state index in [1.54, 1.807) is 0 Å². The summed E-state index contributed by atoms with van der Waals surface area (Å²) in [6.07, 6.45) is 4.31. The Morgan fingerprint density at radius 2 is 2.20 bits per heavy atom. The molecule has 5 nitrogen and oxygen atoms in total. The molecule has 6 heteroatoms. The minimum Gasteiger partial charge on any atom is -0.478 e. The molecule has 106 valence electrons. The first-order chi connectivity index (χ1) is 9.49. The highest BCUT2D eigenvalue weighted by Crippen LogP contribution is 2.30. The fourth-order valence-corrected chi connectivity index (χ4v) is 2.86. The first-order valence-corrected chi connectivity index (χ1v) is 7.05. The molecule has 1 aliphatic heterocycles. The number of anilines is 1. The fourth-order valence-electron chi connectivity index (χ4n) is 2.36. The number of amides is 1. The van der Waals surface area contributed by atoms with Gasteiger partial charge in [0.25, 0.3) is 0 Å². The van der Waals surface area contributed by atoms with E-state index in [1.807, 2.05) is 23.1 Å². The summed E-state index contributed by atoms with van der Waals surface area (Å²) in [7, 11) is 0. The minimum atomic E-state index is -0.991. The standard InChI is InChI=1S/C14H15BrN2O3/c15-11-8-10(5-3-9(11)4-6-13(18)19)17-7-1-2-12(17)14(16)20/h3-6,8,12H,1-2,7H2,(H2,16,20)(H,18,19)/b6-4+. The molecule has 3 N–H and O–H groups in total. The predicted molar refractivity (Wildman–Crippen MR) is 80.4 cm³/mol. The predicted octanol–water partition coefficient (Wildman–Crippen LogP) is 2.00. The zero-order valence-electron chi connectivity index (χ0n) is 10.8. The van der Waals surface area contributed by atoms with Gasteiger partial charge in [-0.05, 0) is 36.6 Å². The SMILES string of the molecule is NC(=O)C1CCCN1c1ccc(/C=C/C(=O)O)c(Br)c1. The van der Waals surface area contributed by atoms with Crippen molar-refractivity contribution in [3.63, 3.8) is 0 Å². The zero-order valence-corrected chi connectivity index (χ0v) is 12.3. The summed E-state index contributed by atoms with van der Waals surface area (Å²) in [6.45, 7) is 0.796. The number of carboxylic acids is 1. The van der Waals surface area contributed by atoms with Crippen LogP contribution in [0.3, 0.4) is 0 Å². The molecule has 0 aliphatic carbocycles. The molecule has 0 aromatic heterocycles. The van der Waals surface area contributed by atoms with Gasteiger partial charge in [-0.1, -0.05) is 22.0 Å². The Morgan fingerprint density at radius 3 is 2.80 bits per heavy atom. The van der Waals surface area contributed by atoms with Crippen molar-refractivity contribution in [2.75, 3.05) is 11.4 Å². The molecule has 2 rings (SSSR count). The monoisotopic (exact) mass is 338 g/mol. The Labute approximate surface area is 125 Å². The summed E-state index contributed by atoms with van der Waals surface area (Å²) in [5, 5.41) is 8.63. The number of aliphatic carboxylic acids is 1. The molecule has 1 aliphatic rings. The average Bonchev–Trinajstić information content (AvgIpc) is 2.86. The average molecular weight is 339 g/mol. The van der Waals surface area contributed by atoms with Crippen LogP contribution in [-0.2, 0) is 9.59 Å². The number of primary amides is 1. The Morgan fingerprint density at radius 1 is 1.45 bits per heavy atom. The number of carboxylic acid groups (broad SMARTS) is 1. The van der Waals surface area contributed by atoms with Crippen LogP contribution in [0.2, 0.25) is 0 Å². The maximum Gasteiger partial charge on any atom is 0.328 e. The molecule has 1 saturated heterocycles. The van der Waals surface area contributed by atoms with Gasteiger partial charge in [-0.2, -0.15) is 0 Å². The Hall–Kier alpha value is -1.82. The normalized spacial score (nSPS) is 18.6. The lowest BCUT2D eigenvalue weighted by atomic mass is 10.1. The molecule has 1 unspecified atom stereocenters. The summed E-state index contributed by atoms with van der Waals surface area (Å²) in [4.78, 5) is 23.9. The van der Waals surface area contributed by atoms with Gasteiger partial charge >= 0.3 is 5.97 Å². The first kappa shape index (κ1) is 14.6. The second-order valence-corrected chi connectivity index (χ2v) is 5.49. The topological polar surface area (TPSA) is 83.6 Å². The highest BCUT2D eigenvalue weighted by Gasteiger charge is 2.29. The van der Waals surface area contributed by atoms with Crippen molar-refractivity contribution in [2.45, 2.75) is 18.9 Å². The van der Waals surface area contributed by atoms with E-state index in [0.717, 1.165) is 41.2 Å². The van der Waals surface area contributed by atoms with Crippen LogP contribution in [0.4, 0.5) is 5.69 Å². The minimum absolute atomic E-state index is 0.262. The van der Waals surface area contributed by atoms with Crippen molar-refractivity contribution >= 4 is 39.6 Å². The summed E-state index contributed by atoms with van der Waals surface area (Å²) >= 11 is 3.41. The van der Waals surface area contributed by atoms with Gasteiger partial charge < -0.3 is 15.7 Å². The third-order valence-corrected chi connectivity index (χ3v) is 3.99. The van der Waals surface area contributed by atoms with Crippen LogP contribution in [0.25, 0.3) is 6.08 Å². The summed E-state index contributed by atoms with van der Waals surface area (Å²) < 4.78 is 0.780. The molecule has 0 spiro atoms. The van der Waals surface area contributed by atoms with Crippen molar-refractivity contribution in [1.82, 2.24) is 0 Å². The van der Waals surface area contributed by atoms with Gasteiger partial charge in [0.2, 0.25) is 5.91 Å². The molecule has 1 aromatic carbocycles. The van der Waals surface area contributed by atoms with E-state index >= 15 is 0 Å². The van der Waals surface area contributed by atoms with Crippen molar-refractivity contribution in [2.24, 2.45) is 5.73 Å². The van der Waals surface area contributed by atoms with Gasteiger partial charge in [0.05, 0.1) is 0 Å². The number of hydrogen-bond acceptors (Lipinski definition) is 3. The maximum absolute atomic E-state index is 11.4. The Bertz CT molecular complexity index is 572. The third-order valence-electron chi connectivity index (χ3n) is 3.30. The van der Waals surface area contributed by atoms with Gasteiger partial charge in [0.1, 0.15) is 6.04 Å². The third kappa shape index (κ3) is 3.19. The number of carbonyl (C=O) groups is 2. The number of hydrogen-bond donors (Lipinski definition) is 2. The molecule has 1 aromatic rings. The highest BCUT2D eigenvalue weighted by atomic mass is 79.9. The summed E-state index contributed by atoms with van der Waals surface area (Å²) in [5.41, 5.74) is 7.08. The number of benzene rings is 1. The smallest absolute Gasteiger partial charge is 0.328 e. The Balaban J connectivity index is 2.25. The van der Waals surface area contributed by atoms with Crippen molar-refractivity contribution in [3.05, 3.63) is 34.3 Å². The molecule has 1 atom stereocenters. The molecular formula is C14H15BrN2O3. The van der Waals surface area contributed by atoms with Crippen molar-refractivity contribution in [3.8, 4) is 0 Å². The van der Waals surface area contributed by atoms with E-state index in [2.05, 4.69) is 15.9 Å². The zero-order chi connectivity index (χ0) is 14.7. The molecular weight excluding hydrogens is 324 g/mol. The summed E-state index contributed by atoms with van der Waals surface area (Å²) in [6, 6.07) is 5.30. The van der Waals surface area contributed by atoms with Gasteiger partial charge in [-0.3, -0.25) is 4.79 Å². The van der Waals surface area contributed by atoms with Gasteiger partial charge in [0, 0.05) is 22.8 Å². The van der Waals surface area contributed by atoms with Crippen LogP contribution in [-0.4, -0.2) is 29.6 Å². The fraction of sp³-hybridized carbons (Fsp3) is 0.286. The van der Waals surface area contributed by atoms with E-state index < -0.39 is 5.97 Å². The lowest BCUT2D eigenvalue weighted by Gasteiger charge is -2.24. The number of carbonyl (C=O) groups excluding carboxylic acids is 1. The summed E-state index contributed by atoms with van der Waals surface area (Å²) in [5.74, 6) is -1.30. The number of halogens is 1. The van der Waals surface area contributed by atoms with Crippen LogP contribution in [0.5, 0.6) is 0 Å². The molecule has 1 fully saturated rings. The molecule has 0 radical (unpaired) electrons. The van der Waals surface area contributed by atoms with E-state index in [0.29, 0.717) is 0 Å². The van der Waals surface area contributed by atoms with E-state index in [1.165, 1.54) is 6.08 Å². The van der Waals surface area contributed by atoms with Crippen molar-refractivity contribution < 1.29 is 14.7 Å². The van der Waals surface area contributed by atoms with Crippen LogP contribution < -0.4 is 10.6 Å². The molecule has 20 heavy (non-hydrogen) atoms. The van der Waals surface area contributed by atoms with Crippen LogP contribution >= 0.6 is 15.9 Å². The quantitative estimate of drug-likeness (QED) is 0.822. The first-order valence-electron chi connectivity index (χ1n) is 6.25. The largest absolute Gasteiger partial charge is 0.478 e. The lowest BCUT2D eigenvalue weighted by Crippen LogP contribution is -2.40. The Kier molecular flexibility index (Phi) is 4.44. The van der Waals surface area contributed by atoms with Crippen LogP contribution in [0.15, 0.2) is 28.7 Å². The van der Waals surface area contributed by atoms with Gasteiger partial charge in [0.15, 0.2) is 0 Å². The highest BCUT2D eigenvalue weighted by molar-refractivity contribution is 9.10. The molecule has 1 heterocycles. The van der Waals surface area contributed by atoms with Crippen molar-refractivity contribution in [1.29, 1.82) is 0 Å². The van der Waals surface area contributed by atoms with Crippen LogP contribution in [0.1, 0.15) is 18.4 Å². The van der Waals surface area contributed by atoms with E-state index in [9.17, 15) is 9.59 Å². The maximum atomic E-state index is 11.4. The van der Waals surface area contributed by atoms with E-state index in [-0.39, 0.29) is 11.9 Å². The second-order valence-electron chi connectivity index (χ2n) is 4.63.